The Labute approximate surface area is 94.3 Å². The second kappa shape index (κ2) is 4.22. The second-order valence-corrected chi connectivity index (χ2v) is 3.86. The van der Waals surface area contributed by atoms with Gasteiger partial charge in [-0.15, -0.1) is 0 Å². The monoisotopic (exact) mass is 221 g/mol. The van der Waals surface area contributed by atoms with Gasteiger partial charge in [0.25, 0.3) is 0 Å². The number of aromatic nitrogens is 2. The largest absolute Gasteiger partial charge is 0.327 e. The van der Waals surface area contributed by atoms with E-state index in [1.165, 1.54) is 12.1 Å². The van der Waals surface area contributed by atoms with Crippen LogP contribution in [0.5, 0.6) is 0 Å². The van der Waals surface area contributed by atoms with Gasteiger partial charge in [0.1, 0.15) is 11.6 Å². The number of fused-ring (bicyclic) bond motifs is 1. The van der Waals surface area contributed by atoms with Crippen LogP contribution >= 0.6 is 0 Å². The molecule has 0 bridgehead atoms. The van der Waals surface area contributed by atoms with Crippen molar-refractivity contribution < 1.29 is 4.39 Å². The first kappa shape index (κ1) is 11.1. The van der Waals surface area contributed by atoms with Crippen LogP contribution in [0, 0.1) is 5.82 Å². The van der Waals surface area contributed by atoms with Crippen molar-refractivity contribution >= 4 is 11.0 Å². The van der Waals surface area contributed by atoms with E-state index in [9.17, 15) is 4.39 Å². The van der Waals surface area contributed by atoms with E-state index in [1.54, 1.807) is 6.07 Å². The number of hydrogen-bond acceptors (Lipinski definition) is 2. The lowest BCUT2D eigenvalue weighted by Crippen LogP contribution is -2.17. The summed E-state index contributed by atoms with van der Waals surface area (Å²) in [5.74, 6) is 0.711. The number of benzene rings is 1. The lowest BCUT2D eigenvalue weighted by molar-refractivity contribution is 0.570. The molecule has 0 aliphatic carbocycles. The molecule has 16 heavy (non-hydrogen) atoms. The van der Waals surface area contributed by atoms with Crippen LogP contribution in [-0.2, 0) is 6.54 Å². The van der Waals surface area contributed by atoms with Crippen LogP contribution < -0.4 is 5.32 Å². The van der Waals surface area contributed by atoms with E-state index in [1.807, 2.05) is 14.0 Å². The van der Waals surface area contributed by atoms with Gasteiger partial charge in [0.05, 0.1) is 17.1 Å². The van der Waals surface area contributed by atoms with Crippen LogP contribution in [0.2, 0.25) is 0 Å². The molecule has 0 radical (unpaired) electrons. The third-order valence-electron chi connectivity index (χ3n) is 2.88. The highest BCUT2D eigenvalue weighted by Crippen LogP contribution is 2.21. The van der Waals surface area contributed by atoms with Crippen LogP contribution in [0.4, 0.5) is 4.39 Å². The number of nitrogens with zero attached hydrogens (tertiary/aromatic N) is 2. The molecule has 1 N–H and O–H groups in total. The summed E-state index contributed by atoms with van der Waals surface area (Å²) in [5.41, 5.74) is 1.71. The molecule has 3 nitrogen and oxygen atoms in total. The molecule has 0 spiro atoms. The van der Waals surface area contributed by atoms with Crippen molar-refractivity contribution in [3.63, 3.8) is 0 Å². The predicted octanol–water partition coefficient (Wildman–Crippen LogP) is 2.48. The first-order chi connectivity index (χ1) is 7.67. The topological polar surface area (TPSA) is 29.9 Å². The van der Waals surface area contributed by atoms with Crippen molar-refractivity contribution in [3.05, 3.63) is 29.8 Å². The Morgan fingerprint density at radius 3 is 2.88 bits per heavy atom. The zero-order valence-corrected chi connectivity index (χ0v) is 9.79. The fraction of sp³-hybridized carbons (Fsp3) is 0.417. The zero-order chi connectivity index (χ0) is 11.7. The minimum Gasteiger partial charge on any atom is -0.327 e. The minimum atomic E-state index is -0.239. The average molecular weight is 221 g/mol. The maximum atomic E-state index is 13.1. The highest BCUT2D eigenvalue weighted by molar-refractivity contribution is 5.76. The lowest BCUT2D eigenvalue weighted by Gasteiger charge is -2.11. The quantitative estimate of drug-likeness (QED) is 0.863. The van der Waals surface area contributed by atoms with E-state index >= 15 is 0 Å². The van der Waals surface area contributed by atoms with Crippen molar-refractivity contribution in [1.82, 2.24) is 14.9 Å². The summed E-state index contributed by atoms with van der Waals surface area (Å²) in [4.78, 5) is 4.48. The van der Waals surface area contributed by atoms with E-state index in [4.69, 9.17) is 0 Å². The Bertz CT molecular complexity index is 504. The highest BCUT2D eigenvalue weighted by atomic mass is 19.1. The maximum absolute atomic E-state index is 13.1. The maximum Gasteiger partial charge on any atom is 0.126 e. The predicted molar refractivity (Wildman–Crippen MR) is 62.8 cm³/mol. The Morgan fingerprint density at radius 1 is 1.50 bits per heavy atom. The molecule has 2 rings (SSSR count). The zero-order valence-electron chi connectivity index (χ0n) is 9.79. The van der Waals surface area contributed by atoms with E-state index in [-0.39, 0.29) is 11.9 Å². The SMILES string of the molecule is CCn1c(C(C)NC)nc2cc(F)ccc21. The van der Waals surface area contributed by atoms with E-state index in [0.29, 0.717) is 0 Å². The van der Waals surface area contributed by atoms with Crippen molar-refractivity contribution in [2.45, 2.75) is 26.4 Å². The number of hydrogen-bond donors (Lipinski definition) is 1. The number of imidazole rings is 1. The summed E-state index contributed by atoms with van der Waals surface area (Å²) < 4.78 is 15.2. The molecule has 86 valence electrons. The van der Waals surface area contributed by atoms with Crippen LogP contribution in [0.1, 0.15) is 25.7 Å². The third kappa shape index (κ3) is 1.69. The summed E-state index contributed by atoms with van der Waals surface area (Å²) >= 11 is 0. The summed E-state index contributed by atoms with van der Waals surface area (Å²) in [6.45, 7) is 4.95. The van der Waals surface area contributed by atoms with Gasteiger partial charge >= 0.3 is 0 Å². The van der Waals surface area contributed by atoms with Crippen molar-refractivity contribution in [3.8, 4) is 0 Å². The Kier molecular flexibility index (Phi) is 2.92. The molecular weight excluding hydrogens is 205 g/mol. The van der Waals surface area contributed by atoms with Crippen molar-refractivity contribution in [1.29, 1.82) is 0 Å². The molecule has 0 amide bonds. The van der Waals surface area contributed by atoms with Gasteiger partial charge in [-0.05, 0) is 33.0 Å². The summed E-state index contributed by atoms with van der Waals surface area (Å²) in [7, 11) is 1.89. The molecule has 0 saturated heterocycles. The molecule has 1 aromatic carbocycles. The van der Waals surface area contributed by atoms with E-state index in [2.05, 4.69) is 21.8 Å². The number of halogens is 1. The Balaban J connectivity index is 2.65. The van der Waals surface area contributed by atoms with Crippen LogP contribution in [-0.4, -0.2) is 16.6 Å². The number of rotatable bonds is 3. The summed E-state index contributed by atoms with van der Waals surface area (Å²) in [5, 5.41) is 3.15. The van der Waals surface area contributed by atoms with Crippen molar-refractivity contribution in [2.75, 3.05) is 7.05 Å². The number of nitrogens with one attached hydrogen (secondary N) is 1. The van der Waals surface area contributed by atoms with Gasteiger partial charge in [0.2, 0.25) is 0 Å². The van der Waals surface area contributed by atoms with Gasteiger partial charge in [0.15, 0.2) is 0 Å². The molecule has 1 unspecified atom stereocenters. The van der Waals surface area contributed by atoms with Gasteiger partial charge < -0.3 is 9.88 Å². The fourth-order valence-electron chi connectivity index (χ4n) is 1.91. The molecule has 2 aromatic rings. The first-order valence-electron chi connectivity index (χ1n) is 5.50. The van der Waals surface area contributed by atoms with Crippen LogP contribution in [0.25, 0.3) is 11.0 Å². The molecule has 1 atom stereocenters. The summed E-state index contributed by atoms with van der Waals surface area (Å²) in [6.07, 6.45) is 0. The minimum absolute atomic E-state index is 0.162. The lowest BCUT2D eigenvalue weighted by atomic mass is 10.3. The van der Waals surface area contributed by atoms with Gasteiger partial charge in [-0.25, -0.2) is 9.37 Å². The molecular formula is C12H16FN3. The second-order valence-electron chi connectivity index (χ2n) is 3.86. The average Bonchev–Trinajstić information content (AvgIpc) is 2.65. The highest BCUT2D eigenvalue weighted by Gasteiger charge is 2.14. The summed E-state index contributed by atoms with van der Waals surface area (Å²) in [6, 6.07) is 4.90. The van der Waals surface area contributed by atoms with E-state index < -0.39 is 0 Å². The molecule has 1 heterocycles. The molecule has 0 fully saturated rings. The third-order valence-corrected chi connectivity index (χ3v) is 2.88. The first-order valence-corrected chi connectivity index (χ1v) is 5.50. The van der Waals surface area contributed by atoms with Crippen LogP contribution in [0.3, 0.4) is 0 Å². The van der Waals surface area contributed by atoms with Crippen LogP contribution in [0.15, 0.2) is 18.2 Å². The molecule has 0 saturated carbocycles. The standard InChI is InChI=1S/C12H16FN3/c1-4-16-11-6-5-9(13)7-10(11)15-12(16)8(2)14-3/h5-8,14H,4H2,1-3H3. The Morgan fingerprint density at radius 2 is 2.25 bits per heavy atom. The molecule has 0 aliphatic rings. The van der Waals surface area contributed by atoms with Gasteiger partial charge in [-0.1, -0.05) is 0 Å². The smallest absolute Gasteiger partial charge is 0.126 e. The van der Waals surface area contributed by atoms with Crippen molar-refractivity contribution in [2.24, 2.45) is 0 Å². The molecule has 4 heteroatoms. The normalized spacial score (nSPS) is 13.2. The van der Waals surface area contributed by atoms with E-state index in [0.717, 1.165) is 23.4 Å². The van der Waals surface area contributed by atoms with Gasteiger partial charge in [0, 0.05) is 12.6 Å². The fourth-order valence-corrected chi connectivity index (χ4v) is 1.91. The number of aryl methyl sites for hydroxylation is 1. The molecule has 1 aromatic heterocycles. The van der Waals surface area contributed by atoms with Gasteiger partial charge in [-0.2, -0.15) is 0 Å². The van der Waals surface area contributed by atoms with Gasteiger partial charge in [-0.3, -0.25) is 0 Å². The molecule has 0 aliphatic heterocycles. The Hall–Kier alpha value is -1.42.